The van der Waals surface area contributed by atoms with Gasteiger partial charge in [-0.05, 0) is 42.7 Å². The number of phenolic OH excluding ortho intramolecular Hbond substituents is 1. The zero-order valence-electron chi connectivity index (χ0n) is 16.2. The summed E-state index contributed by atoms with van der Waals surface area (Å²) >= 11 is 0. The Morgan fingerprint density at radius 1 is 0.931 bits per heavy atom. The fraction of sp³-hybridized carbons (Fsp3) is 0.250. The summed E-state index contributed by atoms with van der Waals surface area (Å²) < 4.78 is 3.81. The van der Waals surface area contributed by atoms with Crippen LogP contribution < -0.4 is 5.56 Å². The Kier molecular flexibility index (Phi) is 4.43. The molecule has 2 aromatic carbocycles. The standard InChI is InChI=1S/C24H23N3O2/c28-20-13-11-17(12-14-20)21-15-26(18-7-3-1-4-8-18)23-22(21)24(29)27(16-25-23)19-9-5-2-6-10-19/h1,3-4,7-8,11-16,19,28H,2,5-6,9-10H2. The normalized spacial score (nSPS) is 15.0. The molecule has 0 radical (unpaired) electrons. The molecule has 5 rings (SSSR count). The zero-order chi connectivity index (χ0) is 19.8. The smallest absolute Gasteiger partial charge is 0.263 e. The highest BCUT2D eigenvalue weighted by Gasteiger charge is 2.22. The number of hydrogen-bond donors (Lipinski definition) is 1. The molecule has 0 unspecified atom stereocenters. The van der Waals surface area contributed by atoms with Crippen LogP contribution in [0.1, 0.15) is 38.1 Å². The molecular formula is C24H23N3O2. The van der Waals surface area contributed by atoms with Gasteiger partial charge in [-0.1, -0.05) is 49.6 Å². The Hall–Kier alpha value is -3.34. The topological polar surface area (TPSA) is 60.0 Å². The fourth-order valence-electron chi connectivity index (χ4n) is 4.40. The fourth-order valence-corrected chi connectivity index (χ4v) is 4.40. The number of para-hydroxylation sites is 1. The van der Waals surface area contributed by atoms with Crippen molar-refractivity contribution in [3.63, 3.8) is 0 Å². The molecule has 1 fully saturated rings. The van der Waals surface area contributed by atoms with Gasteiger partial charge in [-0.15, -0.1) is 0 Å². The van der Waals surface area contributed by atoms with E-state index < -0.39 is 0 Å². The van der Waals surface area contributed by atoms with E-state index >= 15 is 0 Å². The van der Waals surface area contributed by atoms with Crippen LogP contribution in [-0.2, 0) is 0 Å². The zero-order valence-corrected chi connectivity index (χ0v) is 16.2. The first-order valence-electron chi connectivity index (χ1n) is 10.2. The van der Waals surface area contributed by atoms with E-state index in [0.29, 0.717) is 11.0 Å². The van der Waals surface area contributed by atoms with Gasteiger partial charge in [0, 0.05) is 23.5 Å². The number of fused-ring (bicyclic) bond motifs is 1. The van der Waals surface area contributed by atoms with Gasteiger partial charge in [-0.3, -0.25) is 9.36 Å². The maximum absolute atomic E-state index is 13.6. The van der Waals surface area contributed by atoms with Crippen molar-refractivity contribution >= 4 is 11.0 Å². The Morgan fingerprint density at radius 2 is 1.66 bits per heavy atom. The van der Waals surface area contributed by atoms with E-state index in [9.17, 15) is 9.90 Å². The van der Waals surface area contributed by atoms with Gasteiger partial charge in [-0.25, -0.2) is 4.98 Å². The number of benzene rings is 2. The van der Waals surface area contributed by atoms with E-state index in [1.165, 1.54) is 6.42 Å². The molecular weight excluding hydrogens is 362 g/mol. The molecule has 0 spiro atoms. The van der Waals surface area contributed by atoms with E-state index in [4.69, 9.17) is 4.98 Å². The molecule has 0 saturated heterocycles. The third-order valence-corrected chi connectivity index (χ3v) is 5.91. The number of aromatic hydroxyl groups is 1. The Morgan fingerprint density at radius 3 is 2.38 bits per heavy atom. The number of hydrogen-bond acceptors (Lipinski definition) is 3. The largest absolute Gasteiger partial charge is 0.508 e. The highest BCUT2D eigenvalue weighted by atomic mass is 16.3. The van der Waals surface area contributed by atoms with Crippen molar-refractivity contribution in [2.45, 2.75) is 38.1 Å². The van der Waals surface area contributed by atoms with Crippen LogP contribution in [0.15, 0.2) is 71.9 Å². The molecule has 2 aromatic heterocycles. The van der Waals surface area contributed by atoms with Crippen molar-refractivity contribution in [3.05, 3.63) is 77.5 Å². The third kappa shape index (κ3) is 3.12. The summed E-state index contributed by atoms with van der Waals surface area (Å²) in [5.74, 6) is 0.207. The first-order valence-corrected chi connectivity index (χ1v) is 10.2. The van der Waals surface area contributed by atoms with Gasteiger partial charge in [0.05, 0.1) is 5.39 Å². The minimum atomic E-state index is 0.0136. The SMILES string of the molecule is O=c1c2c(-c3ccc(O)cc3)cn(-c3ccccc3)c2ncn1C1CCCCC1. The number of rotatable bonds is 3. The van der Waals surface area contributed by atoms with Gasteiger partial charge < -0.3 is 9.67 Å². The Labute approximate surface area is 168 Å². The van der Waals surface area contributed by atoms with Crippen LogP contribution in [0, 0.1) is 0 Å². The number of phenols is 1. The second kappa shape index (κ2) is 7.24. The van der Waals surface area contributed by atoms with Gasteiger partial charge in [0.1, 0.15) is 12.1 Å². The van der Waals surface area contributed by atoms with Crippen molar-refractivity contribution in [1.82, 2.24) is 14.1 Å². The van der Waals surface area contributed by atoms with Crippen molar-refractivity contribution in [3.8, 4) is 22.6 Å². The maximum atomic E-state index is 13.6. The molecule has 0 amide bonds. The molecule has 146 valence electrons. The summed E-state index contributed by atoms with van der Waals surface area (Å²) in [6.07, 6.45) is 9.31. The van der Waals surface area contributed by atoms with Crippen molar-refractivity contribution in [2.75, 3.05) is 0 Å². The van der Waals surface area contributed by atoms with Gasteiger partial charge in [0.2, 0.25) is 0 Å². The quantitative estimate of drug-likeness (QED) is 0.536. The monoisotopic (exact) mass is 385 g/mol. The predicted octanol–water partition coefficient (Wildman–Crippen LogP) is 5.07. The first-order chi connectivity index (χ1) is 14.2. The minimum absolute atomic E-state index is 0.0136. The lowest BCUT2D eigenvalue weighted by Gasteiger charge is -2.23. The van der Waals surface area contributed by atoms with Crippen molar-refractivity contribution in [2.24, 2.45) is 0 Å². The summed E-state index contributed by atoms with van der Waals surface area (Å²) in [6, 6.07) is 17.2. The average molecular weight is 385 g/mol. The van der Waals surface area contributed by atoms with Gasteiger partial charge in [-0.2, -0.15) is 0 Å². The molecule has 1 aliphatic rings. The van der Waals surface area contributed by atoms with Crippen LogP contribution in [0.4, 0.5) is 0 Å². The molecule has 1 saturated carbocycles. The lowest BCUT2D eigenvalue weighted by molar-refractivity contribution is 0.345. The summed E-state index contributed by atoms with van der Waals surface area (Å²) in [5.41, 5.74) is 3.37. The summed E-state index contributed by atoms with van der Waals surface area (Å²) in [6.45, 7) is 0. The minimum Gasteiger partial charge on any atom is -0.508 e. The molecule has 0 aliphatic heterocycles. The lowest BCUT2D eigenvalue weighted by Crippen LogP contribution is -2.26. The summed E-state index contributed by atoms with van der Waals surface area (Å²) in [5, 5.41) is 10.3. The average Bonchev–Trinajstić information content (AvgIpc) is 3.16. The predicted molar refractivity (Wildman–Crippen MR) is 115 cm³/mol. The van der Waals surface area contributed by atoms with E-state index in [2.05, 4.69) is 0 Å². The van der Waals surface area contributed by atoms with Gasteiger partial charge >= 0.3 is 0 Å². The van der Waals surface area contributed by atoms with E-state index in [1.54, 1.807) is 18.5 Å². The Bertz CT molecular complexity index is 1200. The third-order valence-electron chi connectivity index (χ3n) is 5.91. The molecule has 4 aromatic rings. The van der Waals surface area contributed by atoms with Gasteiger partial charge in [0.15, 0.2) is 5.65 Å². The van der Waals surface area contributed by atoms with E-state index in [-0.39, 0.29) is 17.4 Å². The molecule has 0 bridgehead atoms. The number of aromatic nitrogens is 3. The van der Waals surface area contributed by atoms with E-state index in [1.807, 2.05) is 57.8 Å². The first kappa shape index (κ1) is 17.7. The highest BCUT2D eigenvalue weighted by Crippen LogP contribution is 2.32. The molecule has 1 N–H and O–H groups in total. The molecule has 1 aliphatic carbocycles. The summed E-state index contributed by atoms with van der Waals surface area (Å²) in [7, 11) is 0. The van der Waals surface area contributed by atoms with Crippen LogP contribution in [0.2, 0.25) is 0 Å². The highest BCUT2D eigenvalue weighted by molar-refractivity contribution is 5.94. The molecule has 2 heterocycles. The molecule has 5 nitrogen and oxygen atoms in total. The van der Waals surface area contributed by atoms with Gasteiger partial charge in [0.25, 0.3) is 5.56 Å². The Balaban J connectivity index is 1.77. The van der Waals surface area contributed by atoms with Crippen molar-refractivity contribution in [1.29, 1.82) is 0 Å². The maximum Gasteiger partial charge on any atom is 0.263 e. The van der Waals surface area contributed by atoms with Crippen LogP contribution >= 0.6 is 0 Å². The molecule has 0 atom stereocenters. The van der Waals surface area contributed by atoms with Crippen LogP contribution in [0.5, 0.6) is 5.75 Å². The van der Waals surface area contributed by atoms with Crippen LogP contribution in [0.25, 0.3) is 27.8 Å². The molecule has 29 heavy (non-hydrogen) atoms. The lowest BCUT2D eigenvalue weighted by atomic mass is 9.95. The molecule has 5 heteroatoms. The van der Waals surface area contributed by atoms with E-state index in [0.717, 1.165) is 42.5 Å². The second-order valence-corrected chi connectivity index (χ2v) is 7.74. The van der Waals surface area contributed by atoms with Crippen LogP contribution in [-0.4, -0.2) is 19.2 Å². The van der Waals surface area contributed by atoms with Crippen LogP contribution in [0.3, 0.4) is 0 Å². The number of nitrogens with zero attached hydrogens (tertiary/aromatic N) is 3. The van der Waals surface area contributed by atoms with Crippen molar-refractivity contribution < 1.29 is 5.11 Å². The second-order valence-electron chi connectivity index (χ2n) is 7.74. The summed E-state index contributed by atoms with van der Waals surface area (Å²) in [4.78, 5) is 18.3.